The van der Waals surface area contributed by atoms with Gasteiger partial charge in [-0.25, -0.2) is 18.6 Å². The van der Waals surface area contributed by atoms with E-state index in [-0.39, 0.29) is 11.3 Å². The number of hydrogen-bond donors (Lipinski definition) is 3. The first kappa shape index (κ1) is 23.1. The highest BCUT2D eigenvalue weighted by molar-refractivity contribution is 7.89. The number of nitrogens with one attached hydrogen (secondary N) is 2. The third-order valence-electron chi connectivity index (χ3n) is 5.58. The summed E-state index contributed by atoms with van der Waals surface area (Å²) in [4.78, 5) is 18.1. The number of para-hydroxylation sites is 1. The molecule has 1 saturated heterocycles. The summed E-state index contributed by atoms with van der Waals surface area (Å²) < 4.78 is 34.4. The van der Waals surface area contributed by atoms with E-state index in [2.05, 4.69) is 9.71 Å². The van der Waals surface area contributed by atoms with Crippen molar-refractivity contribution in [3.63, 3.8) is 0 Å². The number of carbonyl (C=O) groups excluding carboxylic acids is 1. The predicted octanol–water partition coefficient (Wildman–Crippen LogP) is 1.98. The molecular formula is C23H26N4O5S. The summed E-state index contributed by atoms with van der Waals surface area (Å²) >= 11 is 0. The Kier molecular flexibility index (Phi) is 6.35. The number of rotatable bonds is 8. The molecule has 174 valence electrons. The van der Waals surface area contributed by atoms with Gasteiger partial charge in [0.05, 0.1) is 22.4 Å². The van der Waals surface area contributed by atoms with E-state index in [1.165, 1.54) is 12.1 Å². The molecule has 1 aromatic heterocycles. The molecular weight excluding hydrogens is 444 g/mol. The van der Waals surface area contributed by atoms with Crippen LogP contribution < -0.4 is 14.9 Å². The lowest BCUT2D eigenvalue weighted by atomic mass is 9.88. The molecule has 0 bridgehead atoms. The molecule has 0 aliphatic carbocycles. The number of carbonyl (C=O) groups is 1. The molecule has 0 unspecified atom stereocenters. The van der Waals surface area contributed by atoms with Crippen molar-refractivity contribution in [2.24, 2.45) is 0 Å². The van der Waals surface area contributed by atoms with Crippen molar-refractivity contribution in [3.05, 3.63) is 65.9 Å². The zero-order valence-electron chi connectivity index (χ0n) is 18.4. The van der Waals surface area contributed by atoms with Crippen molar-refractivity contribution in [2.75, 3.05) is 20.1 Å². The second-order valence-electron chi connectivity index (χ2n) is 8.47. The van der Waals surface area contributed by atoms with Gasteiger partial charge in [-0.2, -0.15) is 0 Å². The predicted molar refractivity (Wildman–Crippen MR) is 122 cm³/mol. The van der Waals surface area contributed by atoms with Crippen molar-refractivity contribution in [2.45, 2.75) is 30.4 Å². The van der Waals surface area contributed by atoms with E-state index >= 15 is 0 Å². The van der Waals surface area contributed by atoms with E-state index in [0.29, 0.717) is 25.4 Å². The number of likely N-dealkylation sites (N-methyl/N-ethyl adjacent to an activating group) is 1. The third kappa shape index (κ3) is 5.14. The van der Waals surface area contributed by atoms with Crippen LogP contribution in [-0.2, 0) is 21.4 Å². The quantitative estimate of drug-likeness (QED) is 0.340. The summed E-state index contributed by atoms with van der Waals surface area (Å²) in [6.07, 6.45) is -0.159. The SMILES string of the molecule is Cc1cc(COc2ccc(S(=O)(=O)NC3(CC(=O)NO)CN(C)C3)cc2)c2ccccc2n1. The Morgan fingerprint density at radius 3 is 2.55 bits per heavy atom. The van der Waals surface area contributed by atoms with Crippen molar-refractivity contribution in [1.82, 2.24) is 20.1 Å². The average molecular weight is 471 g/mol. The van der Waals surface area contributed by atoms with Gasteiger partial charge in [-0.3, -0.25) is 15.0 Å². The summed E-state index contributed by atoms with van der Waals surface area (Å²) in [6.45, 7) is 2.97. The van der Waals surface area contributed by atoms with Crippen molar-refractivity contribution < 1.29 is 23.2 Å². The van der Waals surface area contributed by atoms with Gasteiger partial charge in [0.2, 0.25) is 15.9 Å². The molecule has 3 aromatic rings. The number of nitrogens with zero attached hydrogens (tertiary/aromatic N) is 2. The van der Waals surface area contributed by atoms with Gasteiger partial charge in [0.25, 0.3) is 0 Å². The van der Waals surface area contributed by atoms with Gasteiger partial charge < -0.3 is 9.64 Å². The van der Waals surface area contributed by atoms with Gasteiger partial charge in [-0.1, -0.05) is 18.2 Å². The number of amides is 1. The molecule has 0 spiro atoms. The molecule has 0 saturated carbocycles. The first-order chi connectivity index (χ1) is 15.7. The van der Waals surface area contributed by atoms with Crippen molar-refractivity contribution in [1.29, 1.82) is 0 Å². The minimum Gasteiger partial charge on any atom is -0.489 e. The van der Waals surface area contributed by atoms with E-state index in [0.717, 1.165) is 22.2 Å². The smallest absolute Gasteiger partial charge is 0.245 e. The third-order valence-corrected chi connectivity index (χ3v) is 7.17. The van der Waals surface area contributed by atoms with Crippen LogP contribution in [0.25, 0.3) is 10.9 Å². The maximum absolute atomic E-state index is 12.9. The van der Waals surface area contributed by atoms with Gasteiger partial charge in [-0.15, -0.1) is 0 Å². The van der Waals surface area contributed by atoms with Crippen LogP contribution in [0.4, 0.5) is 0 Å². The maximum Gasteiger partial charge on any atom is 0.245 e. The van der Waals surface area contributed by atoms with Crippen molar-refractivity contribution >= 4 is 26.8 Å². The lowest BCUT2D eigenvalue weighted by molar-refractivity contribution is -0.132. The Balaban J connectivity index is 1.46. The van der Waals surface area contributed by atoms with E-state index in [9.17, 15) is 13.2 Å². The summed E-state index contributed by atoms with van der Waals surface area (Å²) in [6, 6.07) is 16.0. The molecule has 1 aliphatic rings. The normalized spacial score (nSPS) is 15.7. The van der Waals surface area contributed by atoms with E-state index in [1.54, 1.807) is 17.6 Å². The van der Waals surface area contributed by atoms with Crippen LogP contribution in [0.5, 0.6) is 5.75 Å². The highest BCUT2D eigenvalue weighted by atomic mass is 32.2. The second-order valence-corrected chi connectivity index (χ2v) is 10.2. The number of sulfonamides is 1. The number of hydroxylamine groups is 1. The highest BCUT2D eigenvalue weighted by Gasteiger charge is 2.45. The molecule has 3 N–H and O–H groups in total. The molecule has 0 atom stereocenters. The Morgan fingerprint density at radius 1 is 1.18 bits per heavy atom. The fourth-order valence-corrected chi connectivity index (χ4v) is 5.66. The standard InChI is InChI=1S/C23H26N4O5S/c1-16-11-17(20-5-3-4-6-21(20)24-16)13-32-18-7-9-19(10-8-18)33(30,31)26-23(12-22(28)25-29)14-27(2)15-23/h3-11,26,29H,12-15H2,1-2H3,(H,25,28). The maximum atomic E-state index is 12.9. The molecule has 0 radical (unpaired) electrons. The number of aromatic nitrogens is 1. The molecule has 4 rings (SSSR count). The Bertz CT molecular complexity index is 1270. The molecule has 1 aliphatic heterocycles. The first-order valence-corrected chi connectivity index (χ1v) is 11.9. The van der Waals surface area contributed by atoms with Crippen LogP contribution in [0.3, 0.4) is 0 Å². The number of likely N-dealkylation sites (tertiary alicyclic amines) is 1. The molecule has 2 aromatic carbocycles. The largest absolute Gasteiger partial charge is 0.489 e. The van der Waals surface area contributed by atoms with Gasteiger partial charge in [0, 0.05) is 29.7 Å². The summed E-state index contributed by atoms with van der Waals surface area (Å²) in [5.74, 6) is -0.112. The van der Waals surface area contributed by atoms with Crippen molar-refractivity contribution in [3.8, 4) is 5.75 Å². The molecule has 2 heterocycles. The van der Waals surface area contributed by atoms with Crippen LogP contribution in [0.2, 0.25) is 0 Å². The van der Waals surface area contributed by atoms with Gasteiger partial charge in [0.1, 0.15) is 12.4 Å². The number of hydrogen-bond acceptors (Lipinski definition) is 7. The monoisotopic (exact) mass is 470 g/mol. The van der Waals surface area contributed by atoms with E-state index in [4.69, 9.17) is 9.94 Å². The van der Waals surface area contributed by atoms with E-state index in [1.807, 2.05) is 49.2 Å². The summed E-state index contributed by atoms with van der Waals surface area (Å²) in [7, 11) is -2.05. The van der Waals surface area contributed by atoms with Crippen LogP contribution in [0, 0.1) is 6.92 Å². The number of ether oxygens (including phenoxy) is 1. The lowest BCUT2D eigenvalue weighted by Crippen LogP contribution is -2.70. The highest BCUT2D eigenvalue weighted by Crippen LogP contribution is 2.27. The minimum absolute atomic E-state index is 0.0680. The van der Waals surface area contributed by atoms with E-state index < -0.39 is 21.5 Å². The number of pyridine rings is 1. The average Bonchev–Trinajstić information content (AvgIpc) is 2.76. The molecule has 10 heteroatoms. The molecule has 33 heavy (non-hydrogen) atoms. The van der Waals surface area contributed by atoms with Crippen LogP contribution in [0.1, 0.15) is 17.7 Å². The van der Waals surface area contributed by atoms with Crippen LogP contribution >= 0.6 is 0 Å². The zero-order chi connectivity index (χ0) is 23.6. The van der Waals surface area contributed by atoms with Gasteiger partial charge >= 0.3 is 0 Å². The summed E-state index contributed by atoms with van der Waals surface area (Å²) in [5, 5.41) is 9.84. The topological polar surface area (TPSA) is 121 Å². The number of benzene rings is 2. The Labute approximate surface area is 192 Å². The fourth-order valence-electron chi connectivity index (χ4n) is 4.28. The Hall–Kier alpha value is -3.05. The van der Waals surface area contributed by atoms with Crippen LogP contribution in [-0.4, -0.2) is 55.1 Å². The minimum atomic E-state index is -3.88. The number of aryl methyl sites for hydroxylation is 1. The second kappa shape index (κ2) is 9.06. The molecule has 1 fully saturated rings. The van der Waals surface area contributed by atoms with Gasteiger partial charge in [-0.05, 0) is 50.4 Å². The van der Waals surface area contributed by atoms with Crippen LogP contribution in [0.15, 0.2) is 59.5 Å². The fraction of sp³-hybridized carbons (Fsp3) is 0.304. The zero-order valence-corrected chi connectivity index (χ0v) is 19.2. The molecule has 9 nitrogen and oxygen atoms in total. The van der Waals surface area contributed by atoms with Gasteiger partial charge in [0.15, 0.2) is 0 Å². The first-order valence-electron chi connectivity index (χ1n) is 10.4. The number of fused-ring (bicyclic) bond motifs is 1. The Morgan fingerprint density at radius 2 is 1.88 bits per heavy atom. The lowest BCUT2D eigenvalue weighted by Gasteiger charge is -2.48. The molecule has 1 amide bonds. The summed E-state index contributed by atoms with van der Waals surface area (Å²) in [5.41, 5.74) is 3.39.